The van der Waals surface area contributed by atoms with Gasteiger partial charge in [-0.15, -0.1) is 6.42 Å². The molecule has 0 aliphatic heterocycles. The number of carbonyl (C=O) groups is 1. The first-order valence-electron chi connectivity index (χ1n) is 6.71. The Morgan fingerprint density at radius 1 is 1.05 bits per heavy atom. The standard InChI is InChI=1S/C18H17NO2/c1-2-12-19(14-18(20)21)13-15-8-10-17(11-9-15)16-6-4-3-5-7-16/h1,3-11H,12-14H2,(H,20,21). The van der Waals surface area contributed by atoms with E-state index in [-0.39, 0.29) is 6.54 Å². The lowest BCUT2D eigenvalue weighted by Crippen LogP contribution is -2.29. The number of carboxylic acids is 1. The van der Waals surface area contributed by atoms with Crippen molar-refractivity contribution in [3.05, 3.63) is 60.2 Å². The van der Waals surface area contributed by atoms with Gasteiger partial charge in [0.1, 0.15) is 0 Å². The first-order valence-corrected chi connectivity index (χ1v) is 6.71. The molecule has 0 saturated carbocycles. The Labute approximate surface area is 124 Å². The van der Waals surface area contributed by atoms with Crippen molar-refractivity contribution in [2.45, 2.75) is 6.54 Å². The lowest BCUT2D eigenvalue weighted by molar-refractivity contribution is -0.138. The Bertz CT molecular complexity index is 627. The van der Waals surface area contributed by atoms with Crippen LogP contribution in [0.1, 0.15) is 5.56 Å². The van der Waals surface area contributed by atoms with Crippen molar-refractivity contribution in [1.29, 1.82) is 0 Å². The van der Waals surface area contributed by atoms with Gasteiger partial charge in [-0.3, -0.25) is 9.69 Å². The molecule has 0 atom stereocenters. The third-order valence-electron chi connectivity index (χ3n) is 3.14. The van der Waals surface area contributed by atoms with E-state index >= 15 is 0 Å². The van der Waals surface area contributed by atoms with E-state index in [0.29, 0.717) is 13.1 Å². The molecular formula is C18H17NO2. The fraction of sp³-hybridized carbons (Fsp3) is 0.167. The van der Waals surface area contributed by atoms with Gasteiger partial charge in [0.05, 0.1) is 13.1 Å². The van der Waals surface area contributed by atoms with Crippen LogP contribution in [0, 0.1) is 12.3 Å². The molecule has 2 rings (SSSR count). The van der Waals surface area contributed by atoms with Crippen LogP contribution in [-0.2, 0) is 11.3 Å². The minimum atomic E-state index is -0.869. The van der Waals surface area contributed by atoms with Gasteiger partial charge in [0.15, 0.2) is 0 Å². The summed E-state index contributed by atoms with van der Waals surface area (Å²) in [6.45, 7) is 0.808. The summed E-state index contributed by atoms with van der Waals surface area (Å²) in [5.74, 6) is 1.62. The predicted octanol–water partition coefficient (Wildman–Crippen LogP) is 2.87. The van der Waals surface area contributed by atoms with Gasteiger partial charge in [0, 0.05) is 6.54 Å². The van der Waals surface area contributed by atoms with E-state index in [1.807, 2.05) is 42.5 Å². The first-order chi connectivity index (χ1) is 10.2. The molecule has 3 heteroatoms. The smallest absolute Gasteiger partial charge is 0.317 e. The molecule has 0 saturated heterocycles. The maximum Gasteiger partial charge on any atom is 0.317 e. The molecule has 21 heavy (non-hydrogen) atoms. The van der Waals surface area contributed by atoms with Gasteiger partial charge in [0.2, 0.25) is 0 Å². The van der Waals surface area contributed by atoms with E-state index in [9.17, 15) is 4.79 Å². The minimum Gasteiger partial charge on any atom is -0.480 e. The molecule has 106 valence electrons. The normalized spacial score (nSPS) is 10.3. The minimum absolute atomic E-state index is 0.0510. The average molecular weight is 279 g/mol. The van der Waals surface area contributed by atoms with Gasteiger partial charge in [-0.25, -0.2) is 0 Å². The average Bonchev–Trinajstić information content (AvgIpc) is 2.48. The topological polar surface area (TPSA) is 40.5 Å². The van der Waals surface area contributed by atoms with E-state index in [1.54, 1.807) is 4.90 Å². The van der Waals surface area contributed by atoms with Crippen LogP contribution < -0.4 is 0 Å². The molecule has 0 aliphatic rings. The summed E-state index contributed by atoms with van der Waals surface area (Å²) in [5, 5.41) is 8.87. The number of carboxylic acid groups (broad SMARTS) is 1. The lowest BCUT2D eigenvalue weighted by Gasteiger charge is -2.17. The van der Waals surface area contributed by atoms with Crippen LogP contribution in [0.25, 0.3) is 11.1 Å². The zero-order valence-electron chi connectivity index (χ0n) is 11.7. The van der Waals surface area contributed by atoms with Crippen molar-refractivity contribution in [1.82, 2.24) is 4.90 Å². The summed E-state index contributed by atoms with van der Waals surface area (Å²) in [4.78, 5) is 12.5. The number of aliphatic carboxylic acids is 1. The molecule has 2 aromatic carbocycles. The van der Waals surface area contributed by atoms with Crippen LogP contribution in [-0.4, -0.2) is 29.1 Å². The fourth-order valence-electron chi connectivity index (χ4n) is 2.18. The first kappa shape index (κ1) is 14.8. The lowest BCUT2D eigenvalue weighted by atomic mass is 10.0. The summed E-state index contributed by atoms with van der Waals surface area (Å²) >= 11 is 0. The van der Waals surface area contributed by atoms with E-state index in [2.05, 4.69) is 18.1 Å². The summed E-state index contributed by atoms with van der Waals surface area (Å²) in [7, 11) is 0. The maximum atomic E-state index is 10.8. The molecule has 3 nitrogen and oxygen atoms in total. The van der Waals surface area contributed by atoms with E-state index in [1.165, 1.54) is 0 Å². The van der Waals surface area contributed by atoms with E-state index in [4.69, 9.17) is 11.5 Å². The Morgan fingerprint density at radius 2 is 1.67 bits per heavy atom. The fourth-order valence-corrected chi connectivity index (χ4v) is 2.18. The van der Waals surface area contributed by atoms with Crippen LogP contribution in [0.5, 0.6) is 0 Å². The molecular weight excluding hydrogens is 262 g/mol. The van der Waals surface area contributed by atoms with Crippen molar-refractivity contribution >= 4 is 5.97 Å². The summed E-state index contributed by atoms with van der Waals surface area (Å²) in [6, 6.07) is 18.2. The van der Waals surface area contributed by atoms with Gasteiger partial charge in [-0.05, 0) is 16.7 Å². The second-order valence-corrected chi connectivity index (χ2v) is 4.81. The van der Waals surface area contributed by atoms with Crippen LogP contribution >= 0.6 is 0 Å². The zero-order chi connectivity index (χ0) is 15.1. The third-order valence-corrected chi connectivity index (χ3v) is 3.14. The molecule has 0 fully saturated rings. The highest BCUT2D eigenvalue weighted by Crippen LogP contribution is 2.19. The molecule has 1 N–H and O–H groups in total. The van der Waals surface area contributed by atoms with E-state index in [0.717, 1.165) is 16.7 Å². The molecule has 0 aromatic heterocycles. The number of benzene rings is 2. The number of nitrogens with zero attached hydrogens (tertiary/aromatic N) is 1. The van der Waals surface area contributed by atoms with Gasteiger partial charge in [-0.1, -0.05) is 60.5 Å². The van der Waals surface area contributed by atoms with Crippen molar-refractivity contribution in [2.24, 2.45) is 0 Å². The molecule has 0 radical (unpaired) electrons. The molecule has 0 bridgehead atoms. The second-order valence-electron chi connectivity index (χ2n) is 4.81. The van der Waals surface area contributed by atoms with Crippen LogP contribution in [0.3, 0.4) is 0 Å². The zero-order valence-corrected chi connectivity index (χ0v) is 11.7. The van der Waals surface area contributed by atoms with Gasteiger partial charge < -0.3 is 5.11 Å². The summed E-state index contributed by atoms with van der Waals surface area (Å²) in [5.41, 5.74) is 3.35. The Morgan fingerprint density at radius 3 is 2.24 bits per heavy atom. The maximum absolute atomic E-state index is 10.8. The van der Waals surface area contributed by atoms with Crippen molar-refractivity contribution in [3.63, 3.8) is 0 Å². The number of rotatable bonds is 6. The summed E-state index contributed by atoms with van der Waals surface area (Å²) in [6.07, 6.45) is 5.27. The highest BCUT2D eigenvalue weighted by Gasteiger charge is 2.09. The quantitative estimate of drug-likeness (QED) is 0.827. The Hall–Kier alpha value is -2.57. The van der Waals surface area contributed by atoms with Gasteiger partial charge in [-0.2, -0.15) is 0 Å². The number of terminal acetylenes is 1. The van der Waals surface area contributed by atoms with Crippen LogP contribution in [0.2, 0.25) is 0 Å². The highest BCUT2D eigenvalue weighted by molar-refractivity contribution is 5.69. The Balaban J connectivity index is 2.08. The monoisotopic (exact) mass is 279 g/mol. The summed E-state index contributed by atoms with van der Waals surface area (Å²) < 4.78 is 0. The van der Waals surface area contributed by atoms with Crippen molar-refractivity contribution in [3.8, 4) is 23.5 Å². The SMILES string of the molecule is C#CCN(CC(=O)O)Cc1ccc(-c2ccccc2)cc1. The van der Waals surface area contributed by atoms with Crippen molar-refractivity contribution in [2.75, 3.05) is 13.1 Å². The van der Waals surface area contributed by atoms with Gasteiger partial charge >= 0.3 is 5.97 Å². The third kappa shape index (κ3) is 4.48. The van der Waals surface area contributed by atoms with Gasteiger partial charge in [0.25, 0.3) is 0 Å². The van der Waals surface area contributed by atoms with Crippen LogP contribution in [0.4, 0.5) is 0 Å². The molecule has 0 amide bonds. The molecule has 0 unspecified atom stereocenters. The molecule has 0 spiro atoms. The highest BCUT2D eigenvalue weighted by atomic mass is 16.4. The largest absolute Gasteiger partial charge is 0.480 e. The van der Waals surface area contributed by atoms with Crippen molar-refractivity contribution < 1.29 is 9.90 Å². The molecule has 0 aliphatic carbocycles. The van der Waals surface area contributed by atoms with Crippen LogP contribution in [0.15, 0.2) is 54.6 Å². The second kappa shape index (κ2) is 7.28. The Kier molecular flexibility index (Phi) is 5.14. The number of hydrogen-bond donors (Lipinski definition) is 1. The number of hydrogen-bond acceptors (Lipinski definition) is 2. The predicted molar refractivity (Wildman–Crippen MR) is 83.6 cm³/mol. The molecule has 2 aromatic rings. The van der Waals surface area contributed by atoms with E-state index < -0.39 is 5.97 Å². The molecule has 0 heterocycles.